The number of β-amino-alcohol motifs (C(OH)–C–C–N with tert-alkyl or cyclic N) is 2. The molecule has 0 unspecified atom stereocenters. The summed E-state index contributed by atoms with van der Waals surface area (Å²) in [4.78, 5) is 34.0. The highest BCUT2D eigenvalue weighted by Crippen LogP contribution is 2.31. The van der Waals surface area contributed by atoms with E-state index in [0.717, 1.165) is 13.1 Å². The Kier molecular flexibility index (Phi) is 14.4. The van der Waals surface area contributed by atoms with Gasteiger partial charge < -0.3 is 30.6 Å². The number of nitrogens with one attached hydrogen (secondary N) is 2. The molecule has 2 aromatic heterocycles. The Hall–Kier alpha value is -4.04. The van der Waals surface area contributed by atoms with Gasteiger partial charge in [-0.1, -0.05) is 29.3 Å². The highest BCUT2D eigenvalue weighted by atomic mass is 35.5. The normalized spacial score (nSPS) is 15.8. The first-order chi connectivity index (χ1) is 27.0. The summed E-state index contributed by atoms with van der Waals surface area (Å²) in [6.45, 7) is 6.66. The molecule has 20 nitrogen and oxygen atoms in total. The van der Waals surface area contributed by atoms with Crippen molar-refractivity contribution >= 4 is 92.7 Å². The molecule has 0 atom stereocenters. The van der Waals surface area contributed by atoms with Crippen LogP contribution in [0.4, 0.5) is 35.2 Å². The van der Waals surface area contributed by atoms with E-state index in [9.17, 15) is 23.2 Å². The lowest BCUT2D eigenvalue weighted by molar-refractivity contribution is -0.432. The van der Waals surface area contributed by atoms with Gasteiger partial charge in [0.2, 0.25) is 34.4 Å². The van der Waals surface area contributed by atoms with Gasteiger partial charge in [0.15, 0.2) is 0 Å². The van der Waals surface area contributed by atoms with E-state index < -0.39 is 15.0 Å². The van der Waals surface area contributed by atoms with Gasteiger partial charge in [0.1, 0.15) is 4.90 Å². The van der Waals surface area contributed by atoms with Crippen LogP contribution in [-0.2, 0) is 19.5 Å². The van der Waals surface area contributed by atoms with E-state index in [4.69, 9.17) is 32.8 Å². The Morgan fingerprint density at radius 2 is 1.20 bits per heavy atom. The summed E-state index contributed by atoms with van der Waals surface area (Å²) >= 11 is 13.1. The maximum Gasteiger partial charge on any atom is 0.295 e. The predicted octanol–water partition coefficient (Wildman–Crippen LogP) is 2.92. The van der Waals surface area contributed by atoms with Crippen LogP contribution in [0.3, 0.4) is 0 Å². The number of aliphatic hydroxyl groups is 2. The van der Waals surface area contributed by atoms with Gasteiger partial charge in [0.05, 0.1) is 25.3 Å². The molecule has 300 valence electrons. The number of halogens is 2. The van der Waals surface area contributed by atoms with Gasteiger partial charge in [-0.3, -0.25) is 14.4 Å². The summed E-state index contributed by atoms with van der Waals surface area (Å²) in [5.74, 6) is 0.971. The molecule has 2 saturated heterocycles. The van der Waals surface area contributed by atoms with Crippen LogP contribution in [0.15, 0.2) is 46.2 Å². The lowest BCUT2D eigenvalue weighted by Crippen LogP contribution is -2.47. The Labute approximate surface area is 336 Å². The topological polar surface area (TPSA) is 248 Å². The third-order valence-electron chi connectivity index (χ3n) is 8.75. The van der Waals surface area contributed by atoms with Crippen molar-refractivity contribution in [3.05, 3.63) is 58.1 Å². The lowest BCUT2D eigenvalue weighted by Gasteiger charge is -2.34. The average molecular weight is 854 g/mol. The Balaban J connectivity index is 1.19. The number of rotatable bonds is 16. The summed E-state index contributed by atoms with van der Waals surface area (Å²) in [6.07, 6.45) is 3.06. The Bertz CT molecular complexity index is 2110. The van der Waals surface area contributed by atoms with Crippen LogP contribution in [0.25, 0.3) is 12.2 Å². The predicted molar refractivity (Wildman–Crippen MR) is 210 cm³/mol. The molecule has 6 N–H and O–H groups in total. The quantitative estimate of drug-likeness (QED) is 0.0312. The summed E-state index contributed by atoms with van der Waals surface area (Å²) in [6, 6.07) is 9.32. The number of piperazine rings is 2. The van der Waals surface area contributed by atoms with Gasteiger partial charge in [-0.25, -0.2) is 5.26 Å². The van der Waals surface area contributed by atoms with E-state index in [-0.39, 0.29) is 46.9 Å². The molecule has 2 aliphatic heterocycles. The van der Waals surface area contributed by atoms with Gasteiger partial charge >= 0.3 is 0 Å². The minimum atomic E-state index is -4.72. The minimum absolute atomic E-state index is 0.0105. The summed E-state index contributed by atoms with van der Waals surface area (Å²) in [5, 5.41) is 37.1. The number of hydrogen-bond acceptors (Lipinski definition) is 20. The van der Waals surface area contributed by atoms with E-state index >= 15 is 0 Å². The molecule has 0 amide bonds. The van der Waals surface area contributed by atoms with Crippen LogP contribution in [0, 0.1) is 0 Å². The average Bonchev–Trinajstić information content (AvgIpc) is 3.17. The molecular weight excluding hydrogens is 815 g/mol. The largest absolute Gasteiger partial charge is 0.395 e. The zero-order valence-electron chi connectivity index (χ0n) is 29.6. The number of aliphatic hydroxyl groups excluding tert-OH is 2. The van der Waals surface area contributed by atoms with Crippen molar-refractivity contribution in [2.45, 2.75) is 9.79 Å². The zero-order valence-corrected chi connectivity index (χ0v) is 32.7. The lowest BCUT2D eigenvalue weighted by atomic mass is 10.1. The third kappa shape index (κ3) is 11.3. The van der Waals surface area contributed by atoms with Gasteiger partial charge in [-0.05, 0) is 58.6 Å². The van der Waals surface area contributed by atoms with Gasteiger partial charge in [0.25, 0.3) is 10.1 Å². The molecule has 2 aliphatic rings. The molecule has 4 aromatic rings. The van der Waals surface area contributed by atoms with E-state index in [2.05, 4.69) is 55.4 Å². The van der Waals surface area contributed by atoms with Crippen molar-refractivity contribution in [2.24, 2.45) is 0 Å². The fourth-order valence-electron chi connectivity index (χ4n) is 5.98. The first-order valence-electron chi connectivity index (χ1n) is 17.1. The fraction of sp³-hybridized carbons (Fsp3) is 0.375. The van der Waals surface area contributed by atoms with E-state index in [0.29, 0.717) is 92.4 Å². The molecule has 4 heterocycles. The SMILES string of the molecule is O=S(=O)(O)c1cc(Nc2nc(Cl)nc(N3CCN(CCO)CC3)n2)ccc1/C=C/c1ccc(Nc2nc(Cl)nc(N3CCN(CCO)CC3)n2)cc1SOOO. The maximum atomic E-state index is 12.6. The second-order valence-corrected chi connectivity index (χ2v) is 15.2. The van der Waals surface area contributed by atoms with Crippen molar-refractivity contribution in [2.75, 3.05) is 99.1 Å². The van der Waals surface area contributed by atoms with Gasteiger partial charge in [-0.2, -0.15) is 38.3 Å². The molecule has 24 heteroatoms. The van der Waals surface area contributed by atoms with Crippen molar-refractivity contribution in [3.63, 3.8) is 0 Å². The molecule has 0 bridgehead atoms. The van der Waals surface area contributed by atoms with Crippen LogP contribution in [0.2, 0.25) is 10.6 Å². The van der Waals surface area contributed by atoms with Crippen LogP contribution < -0.4 is 20.4 Å². The van der Waals surface area contributed by atoms with Crippen LogP contribution >= 0.6 is 35.2 Å². The third-order valence-corrected chi connectivity index (χ3v) is 10.7. The second-order valence-electron chi connectivity index (χ2n) is 12.4. The second kappa shape index (κ2) is 19.4. The highest BCUT2D eigenvalue weighted by Gasteiger charge is 2.22. The molecule has 0 aliphatic carbocycles. The molecule has 0 saturated carbocycles. The number of hydrogen-bond donors (Lipinski definition) is 6. The first-order valence-corrected chi connectivity index (χ1v) is 20.1. The van der Waals surface area contributed by atoms with Crippen LogP contribution in [-0.4, -0.2) is 147 Å². The monoisotopic (exact) mass is 852 g/mol. The van der Waals surface area contributed by atoms with E-state index in [1.807, 2.05) is 9.80 Å². The maximum absolute atomic E-state index is 12.6. The molecule has 56 heavy (non-hydrogen) atoms. The summed E-state index contributed by atoms with van der Waals surface area (Å²) in [5.41, 5.74) is 1.42. The molecule has 6 rings (SSSR count). The standard InChI is InChI=1S/C32H38Cl2N12O8S2/c33-27-37-29(41-31(39-27)45-11-7-43(8-12-45)15-17-47)35-23-5-3-21(25(19-23)55-54-53-49)1-2-22-4-6-24(20-26(22)56(50,51)52)36-30-38-28(34)40-32(42-30)46-13-9-44(10-14-46)16-18-48/h1-6,19-20,47-49H,7-18H2,(H,50,51,52)(H,35,37,39,41)(H,36,38,40,42)/b2-1+. The molecular formula is C32H38Cl2N12O8S2. The van der Waals surface area contributed by atoms with Crippen molar-refractivity contribution < 1.29 is 37.8 Å². The van der Waals surface area contributed by atoms with E-state index in [1.165, 1.54) is 18.2 Å². The molecule has 2 fully saturated rings. The Morgan fingerprint density at radius 3 is 1.68 bits per heavy atom. The minimum Gasteiger partial charge on any atom is -0.395 e. The molecule has 0 spiro atoms. The van der Waals surface area contributed by atoms with Gasteiger partial charge in [0, 0.05) is 81.7 Å². The Morgan fingerprint density at radius 1 is 0.714 bits per heavy atom. The summed E-state index contributed by atoms with van der Waals surface area (Å²) < 4.78 is 40.0. The summed E-state index contributed by atoms with van der Waals surface area (Å²) in [7, 11) is -4.72. The van der Waals surface area contributed by atoms with Crippen molar-refractivity contribution in [1.29, 1.82) is 0 Å². The number of anilines is 6. The van der Waals surface area contributed by atoms with Crippen LogP contribution in [0.5, 0.6) is 0 Å². The zero-order chi connectivity index (χ0) is 39.7. The smallest absolute Gasteiger partial charge is 0.295 e. The highest BCUT2D eigenvalue weighted by molar-refractivity contribution is 7.94. The van der Waals surface area contributed by atoms with Crippen LogP contribution in [0.1, 0.15) is 11.1 Å². The fourth-order valence-corrected chi connectivity index (χ4v) is 7.52. The molecule has 2 aromatic carbocycles. The van der Waals surface area contributed by atoms with Crippen molar-refractivity contribution in [3.8, 4) is 0 Å². The molecule has 0 radical (unpaired) electrons. The number of benzene rings is 2. The van der Waals surface area contributed by atoms with Crippen molar-refractivity contribution in [1.82, 2.24) is 39.7 Å². The number of nitrogens with zero attached hydrogens (tertiary/aromatic N) is 10. The number of aromatic nitrogens is 6. The first kappa shape index (κ1) is 41.6. The van der Waals surface area contributed by atoms with Gasteiger partial charge in [-0.15, -0.1) is 4.33 Å². The van der Waals surface area contributed by atoms with E-state index in [1.54, 1.807) is 30.3 Å².